The van der Waals surface area contributed by atoms with Crippen LogP contribution in [0.25, 0.3) is 0 Å². The van der Waals surface area contributed by atoms with E-state index in [0.29, 0.717) is 0 Å². The molecule has 1 aliphatic carbocycles. The Bertz CT molecular complexity index is 358. The molecule has 2 atom stereocenters. The lowest BCUT2D eigenvalue weighted by molar-refractivity contribution is 0.449. The van der Waals surface area contributed by atoms with Gasteiger partial charge in [0.15, 0.2) is 0 Å². The number of hydrogen-bond donors (Lipinski definition) is 0. The Hall–Kier alpha value is -1.55. The van der Waals surface area contributed by atoms with E-state index in [2.05, 4.69) is 24.8 Å². The molecule has 64 valence electrons. The van der Waals surface area contributed by atoms with Gasteiger partial charge in [0.05, 0.1) is 12.0 Å². The summed E-state index contributed by atoms with van der Waals surface area (Å²) >= 11 is 0. The van der Waals surface area contributed by atoms with Crippen molar-refractivity contribution in [2.45, 2.75) is 12.3 Å². The van der Waals surface area contributed by atoms with Gasteiger partial charge in [0, 0.05) is 5.92 Å². The Balaban J connectivity index is 2.27. The SMILES string of the molecule is C=C1C[C@H](C#N)[C@@H]1c1ccccc1. The Morgan fingerprint density at radius 1 is 1.31 bits per heavy atom. The van der Waals surface area contributed by atoms with Crippen molar-refractivity contribution in [1.82, 2.24) is 0 Å². The van der Waals surface area contributed by atoms with E-state index in [1.54, 1.807) is 0 Å². The zero-order valence-corrected chi connectivity index (χ0v) is 7.40. The fraction of sp³-hybridized carbons (Fsp3) is 0.250. The summed E-state index contributed by atoms with van der Waals surface area (Å²) in [7, 11) is 0. The molecule has 0 unspecified atom stereocenters. The Morgan fingerprint density at radius 3 is 2.54 bits per heavy atom. The summed E-state index contributed by atoms with van der Waals surface area (Å²) in [5, 5.41) is 8.84. The van der Waals surface area contributed by atoms with Gasteiger partial charge in [-0.15, -0.1) is 0 Å². The summed E-state index contributed by atoms with van der Waals surface area (Å²) in [5.74, 6) is 0.432. The second kappa shape index (κ2) is 3.06. The van der Waals surface area contributed by atoms with Gasteiger partial charge < -0.3 is 0 Å². The lowest BCUT2D eigenvalue weighted by Crippen LogP contribution is -2.24. The van der Waals surface area contributed by atoms with E-state index in [9.17, 15) is 0 Å². The molecule has 0 amide bonds. The summed E-state index contributed by atoms with van der Waals surface area (Å²) in [4.78, 5) is 0. The van der Waals surface area contributed by atoms with E-state index in [1.165, 1.54) is 11.1 Å². The second-order valence-electron chi connectivity index (χ2n) is 3.49. The third-order valence-corrected chi connectivity index (χ3v) is 2.65. The number of nitriles is 1. The van der Waals surface area contributed by atoms with Gasteiger partial charge in [-0.1, -0.05) is 42.5 Å². The lowest BCUT2D eigenvalue weighted by Gasteiger charge is -2.34. The first-order valence-corrected chi connectivity index (χ1v) is 4.45. The number of hydrogen-bond acceptors (Lipinski definition) is 1. The minimum absolute atomic E-state index is 0.148. The zero-order valence-electron chi connectivity index (χ0n) is 7.40. The van der Waals surface area contributed by atoms with Gasteiger partial charge in [-0.05, 0) is 12.0 Å². The van der Waals surface area contributed by atoms with Crippen LogP contribution in [-0.4, -0.2) is 0 Å². The highest BCUT2D eigenvalue weighted by Gasteiger charge is 2.35. The van der Waals surface area contributed by atoms with Crippen molar-refractivity contribution in [3.05, 3.63) is 48.0 Å². The molecule has 2 rings (SSSR count). The van der Waals surface area contributed by atoms with Gasteiger partial charge in [-0.2, -0.15) is 5.26 Å². The van der Waals surface area contributed by atoms with Gasteiger partial charge in [-0.3, -0.25) is 0 Å². The molecule has 0 spiro atoms. The maximum absolute atomic E-state index is 8.84. The number of allylic oxidation sites excluding steroid dienone is 1. The summed E-state index contributed by atoms with van der Waals surface area (Å²) < 4.78 is 0. The van der Waals surface area contributed by atoms with E-state index in [4.69, 9.17) is 5.26 Å². The number of nitrogens with zero attached hydrogens (tertiary/aromatic N) is 1. The first-order chi connectivity index (χ1) is 6.33. The lowest BCUT2D eigenvalue weighted by atomic mass is 9.67. The smallest absolute Gasteiger partial charge is 0.0669 e. The zero-order chi connectivity index (χ0) is 9.26. The van der Waals surface area contributed by atoms with Gasteiger partial charge in [0.1, 0.15) is 0 Å². The molecule has 1 aromatic rings. The monoisotopic (exact) mass is 169 g/mol. The van der Waals surface area contributed by atoms with E-state index in [-0.39, 0.29) is 11.8 Å². The molecule has 0 bridgehead atoms. The van der Waals surface area contributed by atoms with Crippen LogP contribution < -0.4 is 0 Å². The molecule has 0 N–H and O–H groups in total. The fourth-order valence-corrected chi connectivity index (χ4v) is 1.90. The quantitative estimate of drug-likeness (QED) is 0.593. The largest absolute Gasteiger partial charge is 0.198 e. The number of benzene rings is 1. The predicted molar refractivity (Wildman–Crippen MR) is 52.0 cm³/mol. The van der Waals surface area contributed by atoms with Crippen molar-refractivity contribution in [3.63, 3.8) is 0 Å². The van der Waals surface area contributed by atoms with Crippen LogP contribution >= 0.6 is 0 Å². The molecule has 0 aromatic heterocycles. The van der Waals surface area contributed by atoms with Gasteiger partial charge in [0.2, 0.25) is 0 Å². The van der Waals surface area contributed by atoms with Crippen LogP contribution in [0.4, 0.5) is 0 Å². The molecular weight excluding hydrogens is 158 g/mol. The van der Waals surface area contributed by atoms with Crippen LogP contribution in [0, 0.1) is 17.2 Å². The molecule has 1 nitrogen and oxygen atoms in total. The maximum Gasteiger partial charge on any atom is 0.0669 e. The highest BCUT2D eigenvalue weighted by atomic mass is 14.4. The van der Waals surface area contributed by atoms with Crippen LogP contribution in [0.1, 0.15) is 17.9 Å². The number of rotatable bonds is 1. The molecule has 0 radical (unpaired) electrons. The van der Waals surface area contributed by atoms with Crippen LogP contribution in [0.3, 0.4) is 0 Å². The molecule has 1 heteroatoms. The first kappa shape index (κ1) is 8.07. The van der Waals surface area contributed by atoms with E-state index in [1.807, 2.05) is 18.2 Å². The van der Waals surface area contributed by atoms with Crippen molar-refractivity contribution >= 4 is 0 Å². The highest BCUT2D eigenvalue weighted by Crippen LogP contribution is 2.45. The molecule has 0 heterocycles. The van der Waals surface area contributed by atoms with Crippen LogP contribution in [0.5, 0.6) is 0 Å². The van der Waals surface area contributed by atoms with E-state index >= 15 is 0 Å². The second-order valence-corrected chi connectivity index (χ2v) is 3.49. The van der Waals surface area contributed by atoms with E-state index in [0.717, 1.165) is 6.42 Å². The minimum atomic E-state index is 0.148. The first-order valence-electron chi connectivity index (χ1n) is 4.45. The summed E-state index contributed by atoms with van der Waals surface area (Å²) in [5.41, 5.74) is 2.42. The molecule has 1 fully saturated rings. The Morgan fingerprint density at radius 2 is 2.00 bits per heavy atom. The van der Waals surface area contributed by atoms with Crippen LogP contribution in [0.2, 0.25) is 0 Å². The predicted octanol–water partition coefficient (Wildman–Crippen LogP) is 2.87. The average Bonchev–Trinajstić information content (AvgIpc) is 2.15. The summed E-state index contributed by atoms with van der Waals surface area (Å²) in [6.45, 7) is 3.97. The average molecular weight is 169 g/mol. The van der Waals surface area contributed by atoms with Crippen LogP contribution in [-0.2, 0) is 0 Å². The fourth-order valence-electron chi connectivity index (χ4n) is 1.90. The highest BCUT2D eigenvalue weighted by molar-refractivity contribution is 5.37. The van der Waals surface area contributed by atoms with Gasteiger partial charge >= 0.3 is 0 Å². The molecule has 0 saturated heterocycles. The Kier molecular flexibility index (Phi) is 1.90. The van der Waals surface area contributed by atoms with Crippen molar-refractivity contribution < 1.29 is 0 Å². The van der Waals surface area contributed by atoms with Crippen LogP contribution in [0.15, 0.2) is 42.5 Å². The molecular formula is C12H11N. The molecule has 13 heavy (non-hydrogen) atoms. The molecule has 1 aromatic carbocycles. The summed E-state index contributed by atoms with van der Waals surface area (Å²) in [6, 6.07) is 12.5. The van der Waals surface area contributed by atoms with Crippen molar-refractivity contribution in [3.8, 4) is 6.07 Å². The van der Waals surface area contributed by atoms with Crippen molar-refractivity contribution in [2.75, 3.05) is 0 Å². The topological polar surface area (TPSA) is 23.8 Å². The molecule has 1 saturated carbocycles. The normalized spacial score (nSPS) is 26.2. The third-order valence-electron chi connectivity index (χ3n) is 2.65. The van der Waals surface area contributed by atoms with Crippen molar-refractivity contribution in [1.29, 1.82) is 5.26 Å². The third kappa shape index (κ3) is 1.25. The summed E-state index contributed by atoms with van der Waals surface area (Å²) in [6.07, 6.45) is 0.871. The molecule has 0 aliphatic heterocycles. The minimum Gasteiger partial charge on any atom is -0.198 e. The van der Waals surface area contributed by atoms with E-state index < -0.39 is 0 Å². The maximum atomic E-state index is 8.84. The van der Waals surface area contributed by atoms with Gasteiger partial charge in [-0.25, -0.2) is 0 Å². The molecule has 1 aliphatic rings. The Labute approximate surface area is 78.3 Å². The van der Waals surface area contributed by atoms with Crippen molar-refractivity contribution in [2.24, 2.45) is 5.92 Å². The standard InChI is InChI=1S/C12H11N/c1-9-7-11(8-13)12(9)10-5-3-2-4-6-10/h2-6,11-12H,1,7H2/t11-,12+/m1/s1. The van der Waals surface area contributed by atoms with Gasteiger partial charge in [0.25, 0.3) is 0 Å².